The first-order chi connectivity index (χ1) is 10.8. The SMILES string of the molecule is COc1cc(Cl)c(C)cc1NC(=O)Cn1cc(C)cc(Br)c1=O. The zero-order chi connectivity index (χ0) is 17.1. The molecule has 0 aliphatic rings. The van der Waals surface area contributed by atoms with E-state index in [1.54, 1.807) is 24.4 Å². The first-order valence-electron chi connectivity index (χ1n) is 6.82. The number of carbonyl (C=O) groups is 1. The van der Waals surface area contributed by atoms with Crippen molar-refractivity contribution in [1.29, 1.82) is 0 Å². The molecule has 1 N–H and O–H groups in total. The van der Waals surface area contributed by atoms with Crippen LogP contribution < -0.4 is 15.6 Å². The summed E-state index contributed by atoms with van der Waals surface area (Å²) >= 11 is 9.24. The van der Waals surface area contributed by atoms with Gasteiger partial charge in [-0.15, -0.1) is 0 Å². The molecular weight excluding hydrogens is 384 g/mol. The second-order valence-corrected chi connectivity index (χ2v) is 6.41. The van der Waals surface area contributed by atoms with Crippen molar-refractivity contribution in [2.24, 2.45) is 0 Å². The van der Waals surface area contributed by atoms with Crippen LogP contribution >= 0.6 is 27.5 Å². The Morgan fingerprint density at radius 1 is 1.35 bits per heavy atom. The summed E-state index contributed by atoms with van der Waals surface area (Å²) in [6, 6.07) is 5.08. The molecule has 0 aliphatic heterocycles. The number of ether oxygens (including phenoxy) is 1. The summed E-state index contributed by atoms with van der Waals surface area (Å²) in [5.41, 5.74) is 1.95. The molecule has 7 heteroatoms. The molecular formula is C16H16BrClN2O3. The average molecular weight is 400 g/mol. The lowest BCUT2D eigenvalue weighted by Gasteiger charge is -2.13. The lowest BCUT2D eigenvalue weighted by molar-refractivity contribution is -0.116. The number of aromatic nitrogens is 1. The molecule has 0 unspecified atom stereocenters. The van der Waals surface area contributed by atoms with E-state index in [4.69, 9.17) is 16.3 Å². The van der Waals surface area contributed by atoms with Gasteiger partial charge in [-0.25, -0.2) is 0 Å². The van der Waals surface area contributed by atoms with Crippen molar-refractivity contribution in [3.8, 4) is 5.75 Å². The number of nitrogens with one attached hydrogen (secondary N) is 1. The Hall–Kier alpha value is -1.79. The van der Waals surface area contributed by atoms with E-state index in [0.29, 0.717) is 20.9 Å². The Balaban J connectivity index is 2.24. The predicted octanol–water partition coefficient (Wildman–Crippen LogP) is 3.53. The molecule has 0 saturated heterocycles. The second-order valence-electron chi connectivity index (χ2n) is 5.15. The fourth-order valence-corrected chi connectivity index (χ4v) is 2.87. The van der Waals surface area contributed by atoms with Gasteiger partial charge in [-0.3, -0.25) is 9.59 Å². The number of hydrogen-bond donors (Lipinski definition) is 1. The third kappa shape index (κ3) is 4.14. The molecule has 1 heterocycles. The van der Waals surface area contributed by atoms with Crippen LogP contribution in [-0.4, -0.2) is 17.6 Å². The van der Waals surface area contributed by atoms with Crippen LogP contribution in [0.1, 0.15) is 11.1 Å². The molecule has 1 amide bonds. The Kier molecular flexibility index (Phi) is 5.49. The Labute approximate surface area is 147 Å². The molecule has 0 radical (unpaired) electrons. The van der Waals surface area contributed by atoms with Crippen LogP contribution in [0.25, 0.3) is 0 Å². The van der Waals surface area contributed by atoms with Crippen molar-refractivity contribution < 1.29 is 9.53 Å². The number of nitrogens with zero attached hydrogens (tertiary/aromatic N) is 1. The zero-order valence-electron chi connectivity index (χ0n) is 12.9. The van der Waals surface area contributed by atoms with Gasteiger partial charge in [0.2, 0.25) is 5.91 Å². The number of aryl methyl sites for hydroxylation is 2. The number of methoxy groups -OCH3 is 1. The monoisotopic (exact) mass is 398 g/mol. The number of anilines is 1. The third-order valence-electron chi connectivity index (χ3n) is 3.25. The van der Waals surface area contributed by atoms with E-state index in [1.165, 1.54) is 11.7 Å². The van der Waals surface area contributed by atoms with E-state index in [-0.39, 0.29) is 18.0 Å². The summed E-state index contributed by atoms with van der Waals surface area (Å²) in [6.45, 7) is 3.59. The van der Waals surface area contributed by atoms with Crippen molar-refractivity contribution in [2.45, 2.75) is 20.4 Å². The van der Waals surface area contributed by atoms with Crippen LogP contribution in [0.5, 0.6) is 5.75 Å². The Morgan fingerprint density at radius 2 is 2.04 bits per heavy atom. The maximum Gasteiger partial charge on any atom is 0.265 e. The highest BCUT2D eigenvalue weighted by molar-refractivity contribution is 9.10. The van der Waals surface area contributed by atoms with Crippen molar-refractivity contribution >= 4 is 39.1 Å². The molecule has 1 aromatic heterocycles. The molecule has 122 valence electrons. The van der Waals surface area contributed by atoms with Crippen LogP contribution in [-0.2, 0) is 11.3 Å². The van der Waals surface area contributed by atoms with Crippen molar-refractivity contribution in [2.75, 3.05) is 12.4 Å². The summed E-state index contributed by atoms with van der Waals surface area (Å²) < 4.78 is 6.99. The quantitative estimate of drug-likeness (QED) is 0.855. The first kappa shape index (κ1) is 17.6. The standard InChI is InChI=1S/C16H16BrClN2O3/c1-9-4-11(17)16(22)20(7-9)8-15(21)19-13-5-10(2)12(18)6-14(13)23-3/h4-7H,8H2,1-3H3,(H,19,21). The fourth-order valence-electron chi connectivity index (χ4n) is 2.13. The zero-order valence-corrected chi connectivity index (χ0v) is 15.3. The van der Waals surface area contributed by atoms with Gasteiger partial charge in [0.25, 0.3) is 5.56 Å². The van der Waals surface area contributed by atoms with Crippen LogP contribution in [0, 0.1) is 13.8 Å². The van der Waals surface area contributed by atoms with Gasteiger partial charge in [-0.1, -0.05) is 11.6 Å². The molecule has 0 fully saturated rings. The summed E-state index contributed by atoms with van der Waals surface area (Å²) in [5, 5.41) is 3.30. The molecule has 23 heavy (non-hydrogen) atoms. The molecule has 2 aromatic rings. The van der Waals surface area contributed by atoms with Gasteiger partial charge in [0, 0.05) is 17.3 Å². The molecule has 0 bridgehead atoms. The van der Waals surface area contributed by atoms with Gasteiger partial charge in [0.05, 0.1) is 17.3 Å². The lowest BCUT2D eigenvalue weighted by atomic mass is 10.2. The maximum absolute atomic E-state index is 12.2. The Morgan fingerprint density at radius 3 is 2.70 bits per heavy atom. The number of benzene rings is 1. The van der Waals surface area contributed by atoms with E-state index >= 15 is 0 Å². The summed E-state index contributed by atoms with van der Waals surface area (Å²) in [5.74, 6) is 0.136. The van der Waals surface area contributed by atoms with Crippen LogP contribution in [0.2, 0.25) is 5.02 Å². The van der Waals surface area contributed by atoms with Gasteiger partial charge in [0.1, 0.15) is 12.3 Å². The second kappa shape index (κ2) is 7.19. The molecule has 5 nitrogen and oxygen atoms in total. The van der Waals surface area contributed by atoms with Crippen LogP contribution in [0.15, 0.2) is 33.7 Å². The maximum atomic E-state index is 12.2. The molecule has 0 atom stereocenters. The number of pyridine rings is 1. The van der Waals surface area contributed by atoms with Gasteiger partial charge >= 0.3 is 0 Å². The van der Waals surface area contributed by atoms with Crippen molar-refractivity contribution in [1.82, 2.24) is 4.57 Å². The summed E-state index contributed by atoms with van der Waals surface area (Å²) in [7, 11) is 1.50. The number of rotatable bonds is 4. The Bertz CT molecular complexity index is 818. The molecule has 0 saturated carbocycles. The van der Waals surface area contributed by atoms with E-state index in [9.17, 15) is 9.59 Å². The van der Waals surface area contributed by atoms with Crippen molar-refractivity contribution in [3.05, 3.63) is 55.4 Å². The highest BCUT2D eigenvalue weighted by Gasteiger charge is 2.12. The minimum absolute atomic E-state index is 0.0933. The average Bonchev–Trinajstić information content (AvgIpc) is 2.47. The predicted molar refractivity (Wildman–Crippen MR) is 94.5 cm³/mol. The van der Waals surface area contributed by atoms with E-state index < -0.39 is 0 Å². The molecule has 0 spiro atoms. The van der Waals surface area contributed by atoms with Crippen LogP contribution in [0.3, 0.4) is 0 Å². The topological polar surface area (TPSA) is 60.3 Å². The third-order valence-corrected chi connectivity index (χ3v) is 4.22. The van der Waals surface area contributed by atoms with Gasteiger partial charge in [0.15, 0.2) is 0 Å². The number of hydrogen-bond acceptors (Lipinski definition) is 3. The number of halogens is 2. The molecule has 1 aromatic carbocycles. The van der Waals surface area contributed by atoms with E-state index in [1.807, 2.05) is 13.8 Å². The minimum atomic E-state index is -0.329. The molecule has 0 aliphatic carbocycles. The van der Waals surface area contributed by atoms with Gasteiger partial charge in [-0.05, 0) is 53.0 Å². The van der Waals surface area contributed by atoms with E-state index in [2.05, 4.69) is 21.2 Å². The highest BCUT2D eigenvalue weighted by atomic mass is 79.9. The van der Waals surface area contributed by atoms with E-state index in [0.717, 1.165) is 11.1 Å². The van der Waals surface area contributed by atoms with Crippen molar-refractivity contribution in [3.63, 3.8) is 0 Å². The molecule has 2 rings (SSSR count). The fraction of sp³-hybridized carbons (Fsp3) is 0.250. The highest BCUT2D eigenvalue weighted by Crippen LogP contribution is 2.30. The normalized spacial score (nSPS) is 10.5. The first-order valence-corrected chi connectivity index (χ1v) is 7.99. The largest absolute Gasteiger partial charge is 0.495 e. The van der Waals surface area contributed by atoms with Crippen LogP contribution in [0.4, 0.5) is 5.69 Å². The smallest absolute Gasteiger partial charge is 0.265 e. The number of amides is 1. The summed E-state index contributed by atoms with van der Waals surface area (Å²) in [4.78, 5) is 24.3. The van der Waals surface area contributed by atoms with Gasteiger partial charge in [-0.2, -0.15) is 0 Å². The lowest BCUT2D eigenvalue weighted by Crippen LogP contribution is -2.28. The summed E-state index contributed by atoms with van der Waals surface area (Å²) in [6.07, 6.45) is 1.64. The van der Waals surface area contributed by atoms with Gasteiger partial charge < -0.3 is 14.6 Å². The number of carbonyl (C=O) groups excluding carboxylic acids is 1. The minimum Gasteiger partial charge on any atom is -0.495 e.